The first-order chi connectivity index (χ1) is 7.20. The fourth-order valence-corrected chi connectivity index (χ4v) is 2.05. The van der Waals surface area contributed by atoms with E-state index in [1.54, 1.807) is 24.3 Å². The summed E-state index contributed by atoms with van der Waals surface area (Å²) in [5, 5.41) is 1.48. The SMILES string of the molecule is Nc1ccc2c3c(cccc13)C(=O)C2=O. The molecule has 2 aromatic rings. The number of benzene rings is 2. The van der Waals surface area contributed by atoms with Crippen LogP contribution in [0.15, 0.2) is 30.3 Å². The number of rotatable bonds is 0. The third-order valence-corrected chi connectivity index (χ3v) is 2.77. The maximum absolute atomic E-state index is 11.6. The molecule has 3 heteroatoms. The van der Waals surface area contributed by atoms with Crippen LogP contribution in [-0.2, 0) is 0 Å². The van der Waals surface area contributed by atoms with Gasteiger partial charge in [-0.2, -0.15) is 0 Å². The molecule has 72 valence electrons. The minimum Gasteiger partial charge on any atom is -0.398 e. The van der Waals surface area contributed by atoms with Crippen molar-refractivity contribution in [2.24, 2.45) is 0 Å². The van der Waals surface area contributed by atoms with Crippen LogP contribution in [0, 0.1) is 0 Å². The third kappa shape index (κ3) is 0.845. The van der Waals surface area contributed by atoms with Crippen LogP contribution in [0.2, 0.25) is 0 Å². The number of hydrogen-bond donors (Lipinski definition) is 1. The number of anilines is 1. The molecule has 2 aromatic carbocycles. The van der Waals surface area contributed by atoms with E-state index in [-0.39, 0.29) is 0 Å². The van der Waals surface area contributed by atoms with Crippen LogP contribution in [-0.4, -0.2) is 11.6 Å². The maximum Gasteiger partial charge on any atom is 0.234 e. The average molecular weight is 197 g/mol. The molecule has 0 amide bonds. The minimum absolute atomic E-state index is 0.429. The summed E-state index contributed by atoms with van der Waals surface area (Å²) < 4.78 is 0. The van der Waals surface area contributed by atoms with Gasteiger partial charge in [-0.15, -0.1) is 0 Å². The number of carbonyl (C=O) groups is 2. The Morgan fingerprint density at radius 1 is 0.867 bits per heavy atom. The molecule has 0 heterocycles. The van der Waals surface area contributed by atoms with E-state index in [1.165, 1.54) is 0 Å². The van der Waals surface area contributed by atoms with Crippen molar-refractivity contribution in [2.45, 2.75) is 0 Å². The highest BCUT2D eigenvalue weighted by Crippen LogP contribution is 2.33. The molecule has 0 atom stereocenters. The summed E-state index contributed by atoms with van der Waals surface area (Å²) in [4.78, 5) is 23.2. The molecule has 1 aliphatic carbocycles. The first kappa shape index (κ1) is 8.17. The van der Waals surface area contributed by atoms with Crippen LogP contribution in [0.4, 0.5) is 5.69 Å². The number of Topliss-reactive ketones (excluding diaryl/α,β-unsaturated/α-hetero) is 2. The molecule has 0 fully saturated rings. The predicted molar refractivity (Wildman–Crippen MR) is 57.0 cm³/mol. The Hall–Kier alpha value is -2.16. The van der Waals surface area contributed by atoms with Gasteiger partial charge in [0.2, 0.25) is 11.6 Å². The van der Waals surface area contributed by atoms with Crippen LogP contribution in [0.5, 0.6) is 0 Å². The highest BCUT2D eigenvalue weighted by molar-refractivity contribution is 6.57. The molecule has 15 heavy (non-hydrogen) atoms. The molecule has 0 aliphatic heterocycles. The lowest BCUT2D eigenvalue weighted by Gasteiger charge is -2.02. The molecule has 2 N–H and O–H groups in total. The Labute approximate surface area is 85.5 Å². The lowest BCUT2D eigenvalue weighted by molar-refractivity contribution is 0.0825. The van der Waals surface area contributed by atoms with Gasteiger partial charge in [-0.3, -0.25) is 9.59 Å². The third-order valence-electron chi connectivity index (χ3n) is 2.77. The van der Waals surface area contributed by atoms with E-state index in [1.807, 2.05) is 6.07 Å². The van der Waals surface area contributed by atoms with E-state index >= 15 is 0 Å². The van der Waals surface area contributed by atoms with Crippen LogP contribution < -0.4 is 5.73 Å². The summed E-state index contributed by atoms with van der Waals surface area (Å²) in [5.41, 5.74) is 7.33. The zero-order chi connectivity index (χ0) is 10.6. The van der Waals surface area contributed by atoms with Gasteiger partial charge >= 0.3 is 0 Å². The van der Waals surface area contributed by atoms with Crippen molar-refractivity contribution < 1.29 is 9.59 Å². The molecule has 0 bridgehead atoms. The second-order valence-electron chi connectivity index (χ2n) is 3.59. The Balaban J connectivity index is 2.62. The lowest BCUT2D eigenvalue weighted by atomic mass is 10.0. The second-order valence-corrected chi connectivity index (χ2v) is 3.59. The van der Waals surface area contributed by atoms with Crippen LogP contribution >= 0.6 is 0 Å². The summed E-state index contributed by atoms with van der Waals surface area (Å²) >= 11 is 0. The second kappa shape index (κ2) is 2.45. The van der Waals surface area contributed by atoms with Crippen LogP contribution in [0.3, 0.4) is 0 Å². The molecule has 0 saturated carbocycles. The summed E-state index contributed by atoms with van der Waals surface area (Å²) in [6.07, 6.45) is 0. The molecule has 0 aromatic heterocycles. The van der Waals surface area contributed by atoms with Crippen molar-refractivity contribution in [3.63, 3.8) is 0 Å². The molecular weight excluding hydrogens is 190 g/mol. The van der Waals surface area contributed by atoms with Gasteiger partial charge in [-0.05, 0) is 12.1 Å². The van der Waals surface area contributed by atoms with Crippen molar-refractivity contribution in [3.05, 3.63) is 41.5 Å². The van der Waals surface area contributed by atoms with Gasteiger partial charge in [0.1, 0.15) is 0 Å². The average Bonchev–Trinajstić information content (AvgIpc) is 2.50. The van der Waals surface area contributed by atoms with Gasteiger partial charge in [0.05, 0.1) is 0 Å². The molecule has 0 unspecified atom stereocenters. The Kier molecular flexibility index (Phi) is 1.33. The number of carbonyl (C=O) groups excluding carboxylic acids is 2. The van der Waals surface area contributed by atoms with E-state index in [9.17, 15) is 9.59 Å². The largest absolute Gasteiger partial charge is 0.398 e. The Bertz CT molecular complexity index is 609. The van der Waals surface area contributed by atoms with E-state index in [0.717, 1.165) is 5.39 Å². The van der Waals surface area contributed by atoms with Crippen LogP contribution in [0.25, 0.3) is 10.8 Å². The van der Waals surface area contributed by atoms with Crippen molar-refractivity contribution in [1.82, 2.24) is 0 Å². The van der Waals surface area contributed by atoms with E-state index in [2.05, 4.69) is 0 Å². The van der Waals surface area contributed by atoms with Gasteiger partial charge in [0.25, 0.3) is 0 Å². The standard InChI is InChI=1S/C12H7NO2/c13-9-5-4-8-10-6(9)2-1-3-7(10)11(14)12(8)15/h1-5H,13H2. The molecule has 0 spiro atoms. The zero-order valence-electron chi connectivity index (χ0n) is 7.78. The zero-order valence-corrected chi connectivity index (χ0v) is 7.78. The molecule has 3 nitrogen and oxygen atoms in total. The first-order valence-corrected chi connectivity index (χ1v) is 4.60. The summed E-state index contributed by atoms with van der Waals surface area (Å²) in [6, 6.07) is 8.52. The lowest BCUT2D eigenvalue weighted by Crippen LogP contribution is -2.05. The van der Waals surface area contributed by atoms with E-state index < -0.39 is 11.6 Å². The highest BCUT2D eigenvalue weighted by Gasteiger charge is 2.30. The fourth-order valence-electron chi connectivity index (χ4n) is 2.05. The Morgan fingerprint density at radius 3 is 2.27 bits per heavy atom. The Morgan fingerprint density at radius 2 is 1.53 bits per heavy atom. The van der Waals surface area contributed by atoms with E-state index in [0.29, 0.717) is 22.2 Å². The molecule has 0 saturated heterocycles. The summed E-state index contributed by atoms with van der Waals surface area (Å²) in [7, 11) is 0. The first-order valence-electron chi connectivity index (χ1n) is 4.60. The highest BCUT2D eigenvalue weighted by atomic mass is 16.2. The number of ketones is 2. The molecule has 0 radical (unpaired) electrons. The smallest absolute Gasteiger partial charge is 0.234 e. The van der Waals surface area contributed by atoms with Crippen molar-refractivity contribution in [1.29, 1.82) is 0 Å². The predicted octanol–water partition coefficient (Wildman–Crippen LogP) is 1.80. The topological polar surface area (TPSA) is 60.2 Å². The maximum atomic E-state index is 11.6. The monoisotopic (exact) mass is 197 g/mol. The summed E-state index contributed by atoms with van der Waals surface area (Å²) in [6.45, 7) is 0. The number of hydrogen-bond acceptors (Lipinski definition) is 3. The molecule has 1 aliphatic rings. The normalized spacial score (nSPS) is 13.9. The van der Waals surface area contributed by atoms with Crippen LogP contribution in [0.1, 0.15) is 20.7 Å². The van der Waals surface area contributed by atoms with Gasteiger partial charge < -0.3 is 5.73 Å². The van der Waals surface area contributed by atoms with Gasteiger partial charge in [0.15, 0.2) is 0 Å². The molecular formula is C12H7NO2. The van der Waals surface area contributed by atoms with Gasteiger partial charge in [0, 0.05) is 27.6 Å². The van der Waals surface area contributed by atoms with Crippen molar-refractivity contribution in [3.8, 4) is 0 Å². The van der Waals surface area contributed by atoms with Crippen molar-refractivity contribution >= 4 is 28.0 Å². The van der Waals surface area contributed by atoms with Gasteiger partial charge in [-0.25, -0.2) is 0 Å². The quantitative estimate of drug-likeness (QED) is 0.517. The minimum atomic E-state index is -0.429. The fraction of sp³-hybridized carbons (Fsp3) is 0. The van der Waals surface area contributed by atoms with Crippen molar-refractivity contribution in [2.75, 3.05) is 5.73 Å². The number of nitrogen functional groups attached to an aromatic ring is 1. The number of nitrogens with two attached hydrogens (primary N) is 1. The molecule has 3 rings (SSSR count). The van der Waals surface area contributed by atoms with E-state index in [4.69, 9.17) is 5.73 Å². The van der Waals surface area contributed by atoms with Gasteiger partial charge in [-0.1, -0.05) is 18.2 Å². The summed E-state index contributed by atoms with van der Waals surface area (Å²) in [5.74, 6) is -0.859.